The molecular weight excluding hydrogens is 533 g/mol. The number of carbonyl (C=O) groups is 3. The van der Waals surface area contributed by atoms with Gasteiger partial charge in [-0.2, -0.15) is 11.3 Å². The third-order valence-corrected chi connectivity index (χ3v) is 7.94. The van der Waals surface area contributed by atoms with E-state index >= 15 is 0 Å². The molecule has 1 unspecified atom stereocenters. The monoisotopic (exact) mass is 567 g/mol. The number of carbonyl (C=O) groups excluding carboxylic acids is 3. The minimum atomic E-state index is -0.251. The summed E-state index contributed by atoms with van der Waals surface area (Å²) in [6, 6.07) is 4.12. The van der Waals surface area contributed by atoms with Crippen LogP contribution in [0.3, 0.4) is 0 Å². The van der Waals surface area contributed by atoms with E-state index in [0.717, 1.165) is 37.9 Å². The molecule has 0 saturated carbocycles. The number of hydrogen-bond donors (Lipinski definition) is 2. The Balaban J connectivity index is 1.49. The molecule has 2 N–H and O–H groups in total. The summed E-state index contributed by atoms with van der Waals surface area (Å²) in [4.78, 5) is 45.3. The Morgan fingerprint density at radius 2 is 1.95 bits per heavy atom. The number of aromatic nitrogens is 1. The summed E-state index contributed by atoms with van der Waals surface area (Å²) in [5, 5.41) is 10.1. The number of amides is 3. The Morgan fingerprint density at radius 3 is 2.57 bits per heavy atom. The second-order valence-corrected chi connectivity index (χ2v) is 11.0. The molecule has 1 aliphatic heterocycles. The molecule has 3 amide bonds. The van der Waals surface area contributed by atoms with E-state index in [9.17, 15) is 14.4 Å². The van der Waals surface area contributed by atoms with Crippen molar-refractivity contribution < 1.29 is 14.4 Å². The number of aryl methyl sites for hydroxylation is 1. The molecule has 0 aromatic carbocycles. The Labute approximate surface area is 232 Å². The van der Waals surface area contributed by atoms with E-state index in [1.807, 2.05) is 10.3 Å². The van der Waals surface area contributed by atoms with Gasteiger partial charge in [-0.05, 0) is 67.1 Å². The van der Waals surface area contributed by atoms with Crippen LogP contribution in [0.15, 0.2) is 22.9 Å². The van der Waals surface area contributed by atoms with E-state index in [0.29, 0.717) is 37.2 Å². The lowest BCUT2D eigenvalue weighted by Gasteiger charge is -2.41. The highest BCUT2D eigenvalue weighted by Crippen LogP contribution is 2.24. The molecule has 11 heteroatoms. The van der Waals surface area contributed by atoms with Crippen LogP contribution in [0.25, 0.3) is 0 Å². The van der Waals surface area contributed by atoms with Crippen LogP contribution in [0, 0.1) is 6.92 Å². The van der Waals surface area contributed by atoms with Gasteiger partial charge in [-0.15, -0.1) is 0 Å². The fourth-order valence-corrected chi connectivity index (χ4v) is 5.94. The number of rotatable bonds is 11. The molecule has 3 heterocycles. The highest BCUT2D eigenvalue weighted by Gasteiger charge is 2.29. The van der Waals surface area contributed by atoms with Gasteiger partial charge in [0.25, 0.3) is 5.91 Å². The Morgan fingerprint density at radius 1 is 1.22 bits per heavy atom. The molecule has 1 aliphatic rings. The molecule has 2 aromatic heterocycles. The average molecular weight is 569 g/mol. The Hall–Kier alpha value is -2.20. The first-order chi connectivity index (χ1) is 17.7. The molecule has 2 aromatic rings. The zero-order valence-corrected chi connectivity index (χ0v) is 23.9. The summed E-state index contributed by atoms with van der Waals surface area (Å²) < 4.78 is 0. The molecule has 202 valence electrons. The number of hydrogen-bond acceptors (Lipinski definition) is 6. The molecule has 1 atom stereocenters. The first-order valence-corrected chi connectivity index (χ1v) is 14.3. The second kappa shape index (κ2) is 14.1. The van der Waals surface area contributed by atoms with Crippen molar-refractivity contribution in [3.05, 3.63) is 49.9 Å². The Bertz CT molecular complexity index is 1050. The minimum absolute atomic E-state index is 0.0693. The molecule has 0 aliphatic carbocycles. The number of nitrogens with one attached hydrogen (secondary N) is 2. The van der Waals surface area contributed by atoms with Crippen LogP contribution in [0.1, 0.15) is 61.0 Å². The van der Waals surface area contributed by atoms with Gasteiger partial charge in [0.15, 0.2) is 0 Å². The lowest BCUT2D eigenvalue weighted by atomic mass is 9.99. The van der Waals surface area contributed by atoms with Gasteiger partial charge in [0.1, 0.15) is 10.3 Å². The van der Waals surface area contributed by atoms with Crippen LogP contribution in [-0.2, 0) is 16.1 Å². The van der Waals surface area contributed by atoms with Crippen molar-refractivity contribution in [3.8, 4) is 0 Å². The third-order valence-electron chi connectivity index (χ3n) is 6.75. The smallest absolute Gasteiger partial charge is 0.254 e. The number of likely N-dealkylation sites (tertiary alicyclic amines) is 1. The predicted molar refractivity (Wildman–Crippen MR) is 148 cm³/mol. The van der Waals surface area contributed by atoms with Crippen LogP contribution < -0.4 is 10.6 Å². The summed E-state index contributed by atoms with van der Waals surface area (Å²) in [6.07, 6.45) is 2.87. The standard InChI is InChI=1S/C26H35Cl2N5O3S/c1-17-14-22(27)31-25(28)24(17)26(36)30-9-4-18(2)32-11-6-21(7-12-32)33(15-20-8-13-37-16-20)23(35)5-10-29-19(3)34/h8,13-14,16,18,21H,4-7,9-12,15H2,1-3H3,(H,29,34)(H,30,36). The van der Waals surface area contributed by atoms with Gasteiger partial charge in [0.2, 0.25) is 11.8 Å². The molecule has 3 rings (SSSR count). The SMILES string of the molecule is CC(=O)NCCC(=O)N(Cc1ccsc1)C1CCN(C(C)CCNC(=O)c2c(C)cc(Cl)nc2Cl)CC1. The van der Waals surface area contributed by atoms with Crippen LogP contribution in [0.2, 0.25) is 10.3 Å². The first-order valence-electron chi connectivity index (χ1n) is 12.6. The Kier molecular flexibility index (Phi) is 11.2. The van der Waals surface area contributed by atoms with Gasteiger partial charge in [0, 0.05) is 58.2 Å². The van der Waals surface area contributed by atoms with Crippen molar-refractivity contribution in [2.75, 3.05) is 26.2 Å². The van der Waals surface area contributed by atoms with Gasteiger partial charge in [-0.3, -0.25) is 14.4 Å². The lowest BCUT2D eigenvalue weighted by molar-refractivity contribution is -0.135. The molecule has 1 saturated heterocycles. The van der Waals surface area contributed by atoms with Crippen LogP contribution in [0.4, 0.5) is 0 Å². The maximum Gasteiger partial charge on any atom is 0.254 e. The highest BCUT2D eigenvalue weighted by molar-refractivity contribution is 7.07. The molecule has 37 heavy (non-hydrogen) atoms. The number of nitrogens with zero attached hydrogens (tertiary/aromatic N) is 3. The van der Waals surface area contributed by atoms with Gasteiger partial charge in [0.05, 0.1) is 5.56 Å². The number of pyridine rings is 1. The summed E-state index contributed by atoms with van der Waals surface area (Å²) >= 11 is 13.7. The molecular formula is C26H35Cl2N5O3S. The minimum Gasteiger partial charge on any atom is -0.356 e. The third kappa shape index (κ3) is 8.67. The quantitative estimate of drug-likeness (QED) is 0.395. The van der Waals surface area contributed by atoms with E-state index in [-0.39, 0.29) is 40.1 Å². The van der Waals surface area contributed by atoms with E-state index in [1.54, 1.807) is 24.3 Å². The van der Waals surface area contributed by atoms with Crippen LogP contribution in [-0.4, -0.2) is 70.8 Å². The van der Waals surface area contributed by atoms with E-state index in [2.05, 4.69) is 38.9 Å². The van der Waals surface area contributed by atoms with Crippen LogP contribution in [0.5, 0.6) is 0 Å². The largest absolute Gasteiger partial charge is 0.356 e. The molecule has 0 radical (unpaired) electrons. The maximum absolute atomic E-state index is 13.1. The summed E-state index contributed by atoms with van der Waals surface area (Å²) in [7, 11) is 0. The van der Waals surface area contributed by atoms with Gasteiger partial charge in [-0.25, -0.2) is 4.98 Å². The van der Waals surface area contributed by atoms with Crippen molar-refractivity contribution in [2.24, 2.45) is 0 Å². The summed E-state index contributed by atoms with van der Waals surface area (Å²) in [6.45, 7) is 8.63. The van der Waals surface area contributed by atoms with Crippen molar-refractivity contribution in [2.45, 2.75) is 65.1 Å². The van der Waals surface area contributed by atoms with Crippen molar-refractivity contribution in [1.82, 2.24) is 25.4 Å². The second-order valence-electron chi connectivity index (χ2n) is 9.47. The molecule has 0 spiro atoms. The topological polar surface area (TPSA) is 94.6 Å². The van der Waals surface area contributed by atoms with E-state index in [1.165, 1.54) is 6.92 Å². The highest BCUT2D eigenvalue weighted by atomic mass is 35.5. The zero-order chi connectivity index (χ0) is 26.9. The zero-order valence-electron chi connectivity index (χ0n) is 21.6. The number of piperidine rings is 1. The van der Waals surface area contributed by atoms with Gasteiger partial charge < -0.3 is 20.4 Å². The van der Waals surface area contributed by atoms with E-state index in [4.69, 9.17) is 23.2 Å². The molecule has 1 fully saturated rings. The predicted octanol–water partition coefficient (Wildman–Crippen LogP) is 4.29. The number of thiophene rings is 1. The van der Waals surface area contributed by atoms with Gasteiger partial charge in [-0.1, -0.05) is 23.2 Å². The molecule has 0 bridgehead atoms. The normalized spacial score (nSPS) is 15.3. The number of halogens is 2. The van der Waals surface area contributed by atoms with Crippen molar-refractivity contribution in [3.63, 3.8) is 0 Å². The van der Waals surface area contributed by atoms with Crippen molar-refractivity contribution >= 4 is 52.3 Å². The van der Waals surface area contributed by atoms with E-state index < -0.39 is 0 Å². The summed E-state index contributed by atoms with van der Waals surface area (Å²) in [5.74, 6) is -0.307. The van der Waals surface area contributed by atoms with Crippen molar-refractivity contribution in [1.29, 1.82) is 0 Å². The summed E-state index contributed by atoms with van der Waals surface area (Å²) in [5.41, 5.74) is 2.18. The fourth-order valence-electron chi connectivity index (χ4n) is 4.66. The average Bonchev–Trinajstić information content (AvgIpc) is 3.35. The van der Waals surface area contributed by atoms with Gasteiger partial charge >= 0.3 is 0 Å². The maximum atomic E-state index is 13.1. The lowest BCUT2D eigenvalue weighted by Crippen LogP contribution is -2.49. The molecule has 8 nitrogen and oxygen atoms in total. The first kappa shape index (κ1) is 29.4. The van der Waals surface area contributed by atoms with Crippen LogP contribution >= 0.6 is 34.5 Å². The fraction of sp³-hybridized carbons (Fsp3) is 0.538.